The van der Waals surface area contributed by atoms with E-state index in [1.165, 1.54) is 5.56 Å². The van der Waals surface area contributed by atoms with Gasteiger partial charge in [0.1, 0.15) is 0 Å². The van der Waals surface area contributed by atoms with Crippen LogP contribution in [-0.4, -0.2) is 0 Å². The molecule has 0 aliphatic carbocycles. The molecule has 0 aliphatic heterocycles. The Kier molecular flexibility index (Phi) is 2.95. The van der Waals surface area contributed by atoms with Crippen LogP contribution in [0.25, 0.3) is 0 Å². The quantitative estimate of drug-likeness (QED) is 0.623. The molecule has 1 rings (SSSR count). The third kappa shape index (κ3) is 1.65. The summed E-state index contributed by atoms with van der Waals surface area (Å²) in [5, 5.41) is 0. The van der Waals surface area contributed by atoms with Crippen LogP contribution >= 0.6 is 0 Å². The van der Waals surface area contributed by atoms with Crippen LogP contribution in [0, 0.1) is 0 Å². The van der Waals surface area contributed by atoms with Crippen LogP contribution in [0.1, 0.15) is 26.3 Å². The Balaban J connectivity index is 3.27. The predicted octanol–water partition coefficient (Wildman–Crippen LogP) is 4.10. The molecule has 0 atom stereocenters. The highest BCUT2D eigenvalue weighted by Crippen LogP contribution is 2.36. The molecular formula is C14H18. The van der Waals surface area contributed by atoms with Gasteiger partial charge >= 0.3 is 0 Å². The largest absolute Gasteiger partial charge is 0.0989 e. The Hall–Kier alpha value is -1.30. The molecule has 1 aromatic rings. The zero-order chi connectivity index (χ0) is 10.8. The normalized spacial score (nSPS) is 11.1. The van der Waals surface area contributed by atoms with E-state index in [0.29, 0.717) is 0 Å². The van der Waals surface area contributed by atoms with Gasteiger partial charge < -0.3 is 0 Å². The van der Waals surface area contributed by atoms with Crippen LogP contribution in [0.15, 0.2) is 54.6 Å². The third-order valence-electron chi connectivity index (χ3n) is 3.06. The molecule has 74 valence electrons. The lowest BCUT2D eigenvalue weighted by molar-refractivity contribution is 0.661. The fourth-order valence-electron chi connectivity index (χ4n) is 1.63. The topological polar surface area (TPSA) is 0 Å². The van der Waals surface area contributed by atoms with Gasteiger partial charge in [-0.2, -0.15) is 0 Å². The zero-order valence-electron chi connectivity index (χ0n) is 9.30. The van der Waals surface area contributed by atoms with Crippen molar-refractivity contribution in [2.75, 3.05) is 0 Å². The van der Waals surface area contributed by atoms with Crippen LogP contribution in [-0.2, 0) is 5.41 Å². The Morgan fingerprint density at radius 3 is 1.79 bits per heavy atom. The molecular weight excluding hydrogens is 168 g/mol. The molecule has 0 saturated heterocycles. The molecule has 14 heavy (non-hydrogen) atoms. The van der Waals surface area contributed by atoms with Crippen molar-refractivity contribution in [3.05, 3.63) is 60.2 Å². The standard InChI is InChI=1S/C14H18/c1-11(2)14(5,12(3)4)13-9-7-6-8-10-13/h6-10H,1,3H2,2,4-5H3. The molecule has 0 saturated carbocycles. The first-order valence-electron chi connectivity index (χ1n) is 4.87. The van der Waals surface area contributed by atoms with Gasteiger partial charge in [0.2, 0.25) is 0 Å². The van der Waals surface area contributed by atoms with E-state index in [4.69, 9.17) is 0 Å². The number of allylic oxidation sites excluding steroid dienone is 2. The molecule has 0 amide bonds. The highest BCUT2D eigenvalue weighted by Gasteiger charge is 2.27. The van der Waals surface area contributed by atoms with Gasteiger partial charge in [-0.25, -0.2) is 0 Å². The average Bonchev–Trinajstić information content (AvgIpc) is 2.17. The molecule has 0 heterocycles. The average molecular weight is 186 g/mol. The molecule has 1 aromatic carbocycles. The van der Waals surface area contributed by atoms with E-state index in [1.807, 2.05) is 6.07 Å². The van der Waals surface area contributed by atoms with E-state index < -0.39 is 0 Å². The molecule has 0 bridgehead atoms. The fraction of sp³-hybridized carbons (Fsp3) is 0.286. The van der Waals surface area contributed by atoms with Crippen LogP contribution < -0.4 is 0 Å². The third-order valence-corrected chi connectivity index (χ3v) is 3.06. The van der Waals surface area contributed by atoms with Crippen molar-refractivity contribution in [1.82, 2.24) is 0 Å². The van der Waals surface area contributed by atoms with Gasteiger partial charge in [0, 0.05) is 5.41 Å². The van der Waals surface area contributed by atoms with Crippen molar-refractivity contribution < 1.29 is 0 Å². The number of hydrogen-bond acceptors (Lipinski definition) is 0. The maximum Gasteiger partial charge on any atom is 0.0331 e. The molecule has 0 aliphatic rings. The van der Waals surface area contributed by atoms with E-state index in [1.54, 1.807) is 0 Å². The highest BCUT2D eigenvalue weighted by molar-refractivity contribution is 5.42. The number of rotatable bonds is 3. The Bertz CT molecular complexity index is 330. The van der Waals surface area contributed by atoms with Gasteiger partial charge in [-0.3, -0.25) is 0 Å². The molecule has 0 aromatic heterocycles. The lowest BCUT2D eigenvalue weighted by Crippen LogP contribution is -2.23. The predicted molar refractivity (Wildman–Crippen MR) is 63.4 cm³/mol. The van der Waals surface area contributed by atoms with Gasteiger partial charge in [-0.15, -0.1) is 0 Å². The Morgan fingerprint density at radius 2 is 1.43 bits per heavy atom. The van der Waals surface area contributed by atoms with Crippen LogP contribution in [0.4, 0.5) is 0 Å². The molecule has 0 radical (unpaired) electrons. The van der Waals surface area contributed by atoms with Crippen molar-refractivity contribution in [3.63, 3.8) is 0 Å². The van der Waals surface area contributed by atoms with Crippen molar-refractivity contribution >= 4 is 0 Å². The summed E-state index contributed by atoms with van der Waals surface area (Å²) in [5.41, 5.74) is 3.44. The lowest BCUT2D eigenvalue weighted by atomic mass is 9.72. The summed E-state index contributed by atoms with van der Waals surface area (Å²) < 4.78 is 0. The number of hydrogen-bond donors (Lipinski definition) is 0. The van der Waals surface area contributed by atoms with Gasteiger partial charge in [-0.1, -0.05) is 54.6 Å². The molecule has 0 nitrogen and oxygen atoms in total. The maximum absolute atomic E-state index is 4.06. The number of benzene rings is 1. The summed E-state index contributed by atoms with van der Waals surface area (Å²) in [6, 6.07) is 10.4. The first kappa shape index (κ1) is 10.8. The molecule has 0 heteroatoms. The van der Waals surface area contributed by atoms with E-state index in [-0.39, 0.29) is 5.41 Å². The Labute approximate surface area is 87.0 Å². The second-order valence-corrected chi connectivity index (χ2v) is 4.05. The molecule has 0 spiro atoms. The van der Waals surface area contributed by atoms with Crippen LogP contribution in [0.5, 0.6) is 0 Å². The van der Waals surface area contributed by atoms with Crippen molar-refractivity contribution in [2.24, 2.45) is 0 Å². The minimum atomic E-state index is -0.0960. The molecule has 0 N–H and O–H groups in total. The smallest absolute Gasteiger partial charge is 0.0331 e. The van der Waals surface area contributed by atoms with Crippen LogP contribution in [0.3, 0.4) is 0 Å². The lowest BCUT2D eigenvalue weighted by Gasteiger charge is -2.31. The minimum Gasteiger partial charge on any atom is -0.0989 e. The first-order valence-corrected chi connectivity index (χ1v) is 4.87. The van der Waals surface area contributed by atoms with Gasteiger partial charge in [-0.05, 0) is 26.3 Å². The van der Waals surface area contributed by atoms with Gasteiger partial charge in [0.25, 0.3) is 0 Å². The Morgan fingerprint density at radius 1 is 1.00 bits per heavy atom. The summed E-state index contributed by atoms with van der Waals surface area (Å²) in [6.07, 6.45) is 0. The highest BCUT2D eigenvalue weighted by atomic mass is 14.3. The summed E-state index contributed by atoms with van der Waals surface area (Å²) >= 11 is 0. The van der Waals surface area contributed by atoms with Crippen molar-refractivity contribution in [1.29, 1.82) is 0 Å². The van der Waals surface area contributed by atoms with Crippen molar-refractivity contribution in [3.8, 4) is 0 Å². The summed E-state index contributed by atoms with van der Waals surface area (Å²) in [6.45, 7) is 14.4. The second kappa shape index (κ2) is 3.83. The molecule has 0 fully saturated rings. The maximum atomic E-state index is 4.06. The van der Waals surface area contributed by atoms with E-state index >= 15 is 0 Å². The summed E-state index contributed by atoms with van der Waals surface area (Å²) in [4.78, 5) is 0. The van der Waals surface area contributed by atoms with Gasteiger partial charge in [0.15, 0.2) is 0 Å². The second-order valence-electron chi connectivity index (χ2n) is 4.05. The van der Waals surface area contributed by atoms with Gasteiger partial charge in [0.05, 0.1) is 0 Å². The monoisotopic (exact) mass is 186 g/mol. The minimum absolute atomic E-state index is 0.0960. The van der Waals surface area contributed by atoms with Crippen LogP contribution in [0.2, 0.25) is 0 Å². The summed E-state index contributed by atoms with van der Waals surface area (Å²) in [7, 11) is 0. The zero-order valence-corrected chi connectivity index (χ0v) is 9.30. The van der Waals surface area contributed by atoms with Crippen molar-refractivity contribution in [2.45, 2.75) is 26.2 Å². The first-order chi connectivity index (χ1) is 6.49. The SMILES string of the molecule is C=C(C)C(C)(C(=C)C)c1ccccc1. The van der Waals surface area contributed by atoms with E-state index in [2.05, 4.69) is 58.2 Å². The molecule has 0 unspecified atom stereocenters. The fourth-order valence-corrected chi connectivity index (χ4v) is 1.63. The van der Waals surface area contributed by atoms with E-state index in [9.17, 15) is 0 Å². The summed E-state index contributed by atoms with van der Waals surface area (Å²) in [5.74, 6) is 0. The van der Waals surface area contributed by atoms with E-state index in [0.717, 1.165) is 11.1 Å².